The van der Waals surface area contributed by atoms with Crippen molar-refractivity contribution in [3.05, 3.63) is 12.7 Å². The van der Waals surface area contributed by atoms with Gasteiger partial charge in [-0.1, -0.05) is 12.7 Å². The Morgan fingerprint density at radius 3 is 2.43 bits per heavy atom. The van der Waals surface area contributed by atoms with Gasteiger partial charge in [0.25, 0.3) is 0 Å². The highest BCUT2D eigenvalue weighted by atomic mass is 16.5. The van der Waals surface area contributed by atoms with E-state index in [0.717, 1.165) is 0 Å². The van der Waals surface area contributed by atoms with Crippen LogP contribution < -0.4 is 0 Å². The molecule has 0 aliphatic rings. The van der Waals surface area contributed by atoms with E-state index in [9.17, 15) is 14.7 Å². The first-order chi connectivity index (χ1) is 6.34. The third kappa shape index (κ3) is 2.85. The number of aliphatic carboxylic acids is 1. The summed E-state index contributed by atoms with van der Waals surface area (Å²) in [5, 5.41) is 18.1. The molecule has 0 aromatic carbocycles. The summed E-state index contributed by atoms with van der Waals surface area (Å²) < 4.78 is 4.52. The van der Waals surface area contributed by atoms with E-state index < -0.39 is 23.5 Å². The summed E-state index contributed by atoms with van der Waals surface area (Å²) in [4.78, 5) is 21.7. The Bertz CT molecular complexity index is 244. The maximum Gasteiger partial charge on any atom is 0.336 e. The molecule has 0 radical (unpaired) electrons. The van der Waals surface area contributed by atoms with Gasteiger partial charge < -0.3 is 14.9 Å². The highest BCUT2D eigenvalue weighted by Gasteiger charge is 2.41. The van der Waals surface area contributed by atoms with E-state index >= 15 is 0 Å². The van der Waals surface area contributed by atoms with E-state index in [4.69, 9.17) is 5.11 Å². The zero-order chi connectivity index (χ0) is 11.4. The molecule has 0 heterocycles. The van der Waals surface area contributed by atoms with Gasteiger partial charge in [0.05, 0.1) is 5.41 Å². The third-order valence-electron chi connectivity index (χ3n) is 1.80. The Kier molecular flexibility index (Phi) is 4.30. The van der Waals surface area contributed by atoms with E-state index in [-0.39, 0.29) is 6.61 Å². The van der Waals surface area contributed by atoms with Crippen LogP contribution in [0.15, 0.2) is 12.7 Å². The number of carboxylic acid groups (broad SMARTS) is 1. The van der Waals surface area contributed by atoms with Crippen LogP contribution in [0.5, 0.6) is 0 Å². The van der Waals surface area contributed by atoms with Crippen molar-refractivity contribution >= 4 is 11.9 Å². The number of ether oxygens (including phenoxy) is 1. The van der Waals surface area contributed by atoms with Crippen LogP contribution in [0.25, 0.3) is 0 Å². The summed E-state index contributed by atoms with van der Waals surface area (Å²) in [6.07, 6.45) is -0.349. The number of aliphatic hydroxyl groups is 1. The van der Waals surface area contributed by atoms with Gasteiger partial charge in [-0.3, -0.25) is 4.79 Å². The molecule has 2 N–H and O–H groups in total. The van der Waals surface area contributed by atoms with Crippen molar-refractivity contribution in [2.75, 3.05) is 6.61 Å². The normalized spacial score (nSPS) is 13.1. The Morgan fingerprint density at radius 2 is 2.07 bits per heavy atom. The molecule has 80 valence electrons. The van der Waals surface area contributed by atoms with E-state index in [1.807, 2.05) is 0 Å². The van der Waals surface area contributed by atoms with Gasteiger partial charge in [0.1, 0.15) is 6.61 Å². The lowest BCUT2D eigenvalue weighted by atomic mass is 9.87. The second-order valence-electron chi connectivity index (χ2n) is 3.35. The molecule has 0 aromatic heterocycles. The molecule has 0 amide bonds. The van der Waals surface area contributed by atoms with Crippen LogP contribution in [-0.4, -0.2) is 34.9 Å². The lowest BCUT2D eigenvalue weighted by Crippen LogP contribution is -2.43. The molecule has 0 aliphatic carbocycles. The number of hydrogen-bond acceptors (Lipinski definition) is 4. The van der Waals surface area contributed by atoms with Crippen molar-refractivity contribution in [3.63, 3.8) is 0 Å². The summed E-state index contributed by atoms with van der Waals surface area (Å²) >= 11 is 0. The summed E-state index contributed by atoms with van der Waals surface area (Å²) in [5.41, 5.74) is -1.56. The Balaban J connectivity index is 4.44. The molecule has 5 heteroatoms. The van der Waals surface area contributed by atoms with Crippen LogP contribution in [-0.2, 0) is 14.3 Å². The van der Waals surface area contributed by atoms with Crippen molar-refractivity contribution in [1.82, 2.24) is 0 Å². The first kappa shape index (κ1) is 12.6. The monoisotopic (exact) mass is 202 g/mol. The Morgan fingerprint density at radius 1 is 1.57 bits per heavy atom. The van der Waals surface area contributed by atoms with Crippen molar-refractivity contribution in [1.29, 1.82) is 0 Å². The topological polar surface area (TPSA) is 83.8 Å². The van der Waals surface area contributed by atoms with Crippen molar-refractivity contribution < 1.29 is 24.5 Å². The van der Waals surface area contributed by atoms with E-state index in [0.29, 0.717) is 0 Å². The fourth-order valence-corrected chi connectivity index (χ4v) is 0.632. The smallest absolute Gasteiger partial charge is 0.336 e. The molecular formula is C9H14O5. The fraction of sp³-hybridized carbons (Fsp3) is 0.556. The van der Waals surface area contributed by atoms with E-state index in [1.54, 1.807) is 0 Å². The summed E-state index contributed by atoms with van der Waals surface area (Å²) in [6.45, 7) is 5.75. The average Bonchev–Trinajstić information content (AvgIpc) is 2.12. The molecule has 0 saturated heterocycles. The molecule has 0 fully saturated rings. The highest BCUT2D eigenvalue weighted by Crippen LogP contribution is 2.21. The fourth-order valence-electron chi connectivity index (χ4n) is 0.632. The number of hydrogen-bond donors (Lipinski definition) is 2. The average molecular weight is 202 g/mol. The van der Waals surface area contributed by atoms with Crippen LogP contribution in [0.4, 0.5) is 0 Å². The maximum atomic E-state index is 11.1. The molecule has 0 rings (SSSR count). The van der Waals surface area contributed by atoms with Crippen LogP contribution in [0.3, 0.4) is 0 Å². The lowest BCUT2D eigenvalue weighted by molar-refractivity contribution is -0.170. The second-order valence-corrected chi connectivity index (χ2v) is 3.35. The van der Waals surface area contributed by atoms with E-state index in [2.05, 4.69) is 11.3 Å². The van der Waals surface area contributed by atoms with E-state index in [1.165, 1.54) is 19.9 Å². The van der Waals surface area contributed by atoms with Crippen molar-refractivity contribution in [3.8, 4) is 0 Å². The predicted octanol–water partition coefficient (Wildman–Crippen LogP) is 0.187. The number of rotatable bonds is 5. The van der Waals surface area contributed by atoms with Gasteiger partial charge in [-0.15, -0.1) is 0 Å². The Hall–Kier alpha value is -1.36. The lowest BCUT2D eigenvalue weighted by Gasteiger charge is -2.23. The van der Waals surface area contributed by atoms with Gasteiger partial charge >= 0.3 is 11.9 Å². The van der Waals surface area contributed by atoms with Crippen LogP contribution in [0.2, 0.25) is 0 Å². The zero-order valence-electron chi connectivity index (χ0n) is 8.19. The summed E-state index contributed by atoms with van der Waals surface area (Å²) in [5.74, 6) is -2.22. The van der Waals surface area contributed by atoms with Gasteiger partial charge in [-0.05, 0) is 13.8 Å². The van der Waals surface area contributed by atoms with Gasteiger partial charge in [0.2, 0.25) is 0 Å². The van der Waals surface area contributed by atoms with Gasteiger partial charge in [-0.2, -0.15) is 0 Å². The molecule has 0 aliphatic heterocycles. The standard InChI is InChI=1S/C9H14O5/c1-4-5-14-7(11)6(10)9(2,3)8(12)13/h4,6,10H,1,5H2,2-3H3,(H,12,13). The van der Waals surface area contributed by atoms with Crippen LogP contribution >= 0.6 is 0 Å². The molecule has 1 atom stereocenters. The number of carbonyl (C=O) groups excluding carboxylic acids is 1. The van der Waals surface area contributed by atoms with Crippen LogP contribution in [0, 0.1) is 5.41 Å². The summed E-state index contributed by atoms with van der Waals surface area (Å²) in [6, 6.07) is 0. The predicted molar refractivity (Wildman–Crippen MR) is 48.6 cm³/mol. The molecule has 0 saturated carbocycles. The van der Waals surface area contributed by atoms with Crippen molar-refractivity contribution in [2.45, 2.75) is 20.0 Å². The minimum absolute atomic E-state index is 0.0500. The Labute approximate surface area is 82.0 Å². The largest absolute Gasteiger partial charge is 0.481 e. The second kappa shape index (κ2) is 4.76. The first-order valence-corrected chi connectivity index (χ1v) is 4.03. The third-order valence-corrected chi connectivity index (χ3v) is 1.80. The minimum atomic E-state index is -1.68. The number of esters is 1. The molecule has 1 unspecified atom stereocenters. The van der Waals surface area contributed by atoms with Crippen molar-refractivity contribution in [2.24, 2.45) is 5.41 Å². The zero-order valence-corrected chi connectivity index (χ0v) is 8.19. The summed E-state index contributed by atoms with van der Waals surface area (Å²) in [7, 11) is 0. The quantitative estimate of drug-likeness (QED) is 0.491. The van der Waals surface area contributed by atoms with Crippen LogP contribution in [0.1, 0.15) is 13.8 Å². The van der Waals surface area contributed by atoms with Gasteiger partial charge in [0, 0.05) is 0 Å². The number of aliphatic hydroxyl groups excluding tert-OH is 1. The molecule has 0 bridgehead atoms. The number of carboxylic acids is 1. The van der Waals surface area contributed by atoms with Gasteiger partial charge in [0.15, 0.2) is 6.10 Å². The SMILES string of the molecule is C=CCOC(=O)C(O)C(C)(C)C(=O)O. The molecule has 5 nitrogen and oxygen atoms in total. The minimum Gasteiger partial charge on any atom is -0.481 e. The molecule has 0 aromatic rings. The molecule has 14 heavy (non-hydrogen) atoms. The maximum absolute atomic E-state index is 11.1. The first-order valence-electron chi connectivity index (χ1n) is 4.03. The van der Waals surface area contributed by atoms with Gasteiger partial charge in [-0.25, -0.2) is 4.79 Å². The molecular weight excluding hydrogens is 188 g/mol. The number of carbonyl (C=O) groups is 2. The molecule has 0 spiro atoms. The highest BCUT2D eigenvalue weighted by molar-refractivity contribution is 5.85.